The number of nitrogens with zero attached hydrogens (tertiary/aromatic N) is 1. The third kappa shape index (κ3) is 3.47. The van der Waals surface area contributed by atoms with Crippen LogP contribution in [0.1, 0.15) is 31.2 Å². The highest BCUT2D eigenvalue weighted by Gasteiger charge is 2.22. The lowest BCUT2D eigenvalue weighted by Crippen LogP contribution is -2.40. The molecule has 0 amide bonds. The number of aromatic hydroxyl groups is 1. The van der Waals surface area contributed by atoms with Gasteiger partial charge in [-0.1, -0.05) is 24.6 Å². The highest BCUT2D eigenvalue weighted by atomic mass is 16.3. The van der Waals surface area contributed by atoms with Crippen molar-refractivity contribution >= 4 is 0 Å². The number of benzene rings is 1. The number of phenolic OH excluding ortho intramolecular Hbond substituents is 1. The standard InChI is InChI=1S/C15H24N2O/c1-16-10-9-14-7-4-5-11-17(14)12-13-6-2-3-8-15(13)18/h2-3,6,8,14,16,18H,4-5,7,9-12H2,1H3. The van der Waals surface area contributed by atoms with Gasteiger partial charge in [-0.05, 0) is 45.5 Å². The van der Waals surface area contributed by atoms with Gasteiger partial charge >= 0.3 is 0 Å². The van der Waals surface area contributed by atoms with Gasteiger partial charge < -0.3 is 10.4 Å². The first-order valence-corrected chi connectivity index (χ1v) is 6.97. The molecule has 3 nitrogen and oxygen atoms in total. The minimum Gasteiger partial charge on any atom is -0.508 e. The summed E-state index contributed by atoms with van der Waals surface area (Å²) in [6.07, 6.45) is 5.11. The summed E-state index contributed by atoms with van der Waals surface area (Å²) in [5.74, 6) is 0.426. The predicted octanol–water partition coefficient (Wildman–Crippen LogP) is 2.36. The molecule has 0 aromatic heterocycles. The molecule has 1 fully saturated rings. The Morgan fingerprint density at radius 3 is 2.94 bits per heavy atom. The molecule has 1 aliphatic heterocycles. The maximum Gasteiger partial charge on any atom is 0.120 e. The minimum atomic E-state index is 0.426. The smallest absolute Gasteiger partial charge is 0.120 e. The Bertz CT molecular complexity index is 367. The van der Waals surface area contributed by atoms with Gasteiger partial charge in [-0.2, -0.15) is 0 Å². The summed E-state index contributed by atoms with van der Waals surface area (Å²) in [5, 5.41) is 13.1. The molecular formula is C15H24N2O. The van der Waals surface area contributed by atoms with Crippen molar-refractivity contribution in [3.8, 4) is 5.75 Å². The van der Waals surface area contributed by atoms with Gasteiger partial charge in [-0.25, -0.2) is 0 Å². The van der Waals surface area contributed by atoms with Crippen LogP contribution < -0.4 is 5.32 Å². The van der Waals surface area contributed by atoms with E-state index in [9.17, 15) is 5.11 Å². The summed E-state index contributed by atoms with van der Waals surface area (Å²) in [6.45, 7) is 3.10. The second-order valence-corrected chi connectivity index (χ2v) is 5.14. The number of nitrogens with one attached hydrogen (secondary N) is 1. The van der Waals surface area contributed by atoms with Crippen LogP contribution in [0.15, 0.2) is 24.3 Å². The average Bonchev–Trinajstić information content (AvgIpc) is 2.40. The first kappa shape index (κ1) is 13.4. The SMILES string of the molecule is CNCCC1CCCCN1Cc1ccccc1O. The van der Waals surface area contributed by atoms with E-state index in [0.717, 1.165) is 25.2 Å². The molecule has 3 heteroatoms. The van der Waals surface area contributed by atoms with E-state index in [0.29, 0.717) is 11.8 Å². The third-order valence-corrected chi connectivity index (χ3v) is 3.84. The molecule has 1 saturated heterocycles. The Labute approximate surface area is 110 Å². The summed E-state index contributed by atoms with van der Waals surface area (Å²) in [7, 11) is 2.01. The molecule has 2 N–H and O–H groups in total. The van der Waals surface area contributed by atoms with Gasteiger partial charge in [0.2, 0.25) is 0 Å². The topological polar surface area (TPSA) is 35.5 Å². The van der Waals surface area contributed by atoms with Crippen molar-refractivity contribution in [2.75, 3.05) is 20.1 Å². The van der Waals surface area contributed by atoms with Crippen LogP contribution >= 0.6 is 0 Å². The fourth-order valence-electron chi connectivity index (χ4n) is 2.77. The first-order valence-electron chi connectivity index (χ1n) is 6.97. The molecule has 1 atom stereocenters. The fraction of sp³-hybridized carbons (Fsp3) is 0.600. The number of hydrogen-bond donors (Lipinski definition) is 2. The van der Waals surface area contributed by atoms with Crippen LogP contribution in [0.3, 0.4) is 0 Å². The molecule has 0 aliphatic carbocycles. The van der Waals surface area contributed by atoms with E-state index >= 15 is 0 Å². The van der Waals surface area contributed by atoms with Crippen LogP contribution in [0.5, 0.6) is 5.75 Å². The van der Waals surface area contributed by atoms with E-state index in [1.165, 1.54) is 25.7 Å². The Kier molecular flexibility index (Phi) is 5.02. The first-order chi connectivity index (χ1) is 8.81. The van der Waals surface area contributed by atoms with Crippen LogP contribution in [0, 0.1) is 0 Å². The zero-order valence-electron chi connectivity index (χ0n) is 11.2. The number of phenols is 1. The summed E-state index contributed by atoms with van der Waals surface area (Å²) >= 11 is 0. The van der Waals surface area contributed by atoms with E-state index in [-0.39, 0.29) is 0 Å². The zero-order chi connectivity index (χ0) is 12.8. The number of rotatable bonds is 5. The molecule has 1 aromatic carbocycles. The van der Waals surface area contributed by atoms with Crippen molar-refractivity contribution < 1.29 is 5.11 Å². The van der Waals surface area contributed by atoms with E-state index in [1.54, 1.807) is 6.07 Å². The molecule has 1 heterocycles. The summed E-state index contributed by atoms with van der Waals surface area (Å²) in [6, 6.07) is 8.35. The lowest BCUT2D eigenvalue weighted by Gasteiger charge is -2.36. The maximum absolute atomic E-state index is 9.86. The van der Waals surface area contributed by atoms with Crippen LogP contribution in [-0.2, 0) is 6.54 Å². The number of piperidine rings is 1. The largest absolute Gasteiger partial charge is 0.508 e. The molecule has 0 radical (unpaired) electrons. The summed E-state index contributed by atoms with van der Waals surface area (Å²) in [5.41, 5.74) is 1.05. The molecule has 2 rings (SSSR count). The van der Waals surface area contributed by atoms with Crippen LogP contribution in [0.4, 0.5) is 0 Å². The Balaban J connectivity index is 1.98. The second-order valence-electron chi connectivity index (χ2n) is 5.14. The molecule has 100 valence electrons. The lowest BCUT2D eigenvalue weighted by atomic mass is 9.98. The highest BCUT2D eigenvalue weighted by Crippen LogP contribution is 2.24. The Morgan fingerprint density at radius 1 is 1.33 bits per heavy atom. The summed E-state index contributed by atoms with van der Waals surface area (Å²) in [4.78, 5) is 2.52. The quantitative estimate of drug-likeness (QED) is 0.839. The molecule has 0 bridgehead atoms. The van der Waals surface area contributed by atoms with Gasteiger partial charge in [-0.3, -0.25) is 4.90 Å². The van der Waals surface area contributed by atoms with Crippen molar-refractivity contribution in [2.45, 2.75) is 38.3 Å². The van der Waals surface area contributed by atoms with Gasteiger partial charge in [0.05, 0.1) is 0 Å². The minimum absolute atomic E-state index is 0.426. The average molecular weight is 248 g/mol. The predicted molar refractivity (Wildman–Crippen MR) is 74.7 cm³/mol. The van der Waals surface area contributed by atoms with Crippen LogP contribution in [-0.4, -0.2) is 36.2 Å². The normalized spacial score (nSPS) is 21.1. The molecule has 0 saturated carbocycles. The van der Waals surface area contributed by atoms with Crippen molar-refractivity contribution in [3.05, 3.63) is 29.8 Å². The van der Waals surface area contributed by atoms with E-state index in [2.05, 4.69) is 10.2 Å². The van der Waals surface area contributed by atoms with Gasteiger partial charge in [-0.15, -0.1) is 0 Å². The van der Waals surface area contributed by atoms with Gasteiger partial charge in [0.1, 0.15) is 5.75 Å². The van der Waals surface area contributed by atoms with Crippen LogP contribution in [0.25, 0.3) is 0 Å². The third-order valence-electron chi connectivity index (χ3n) is 3.84. The molecule has 1 aromatic rings. The lowest BCUT2D eigenvalue weighted by molar-refractivity contribution is 0.131. The monoisotopic (exact) mass is 248 g/mol. The molecular weight excluding hydrogens is 224 g/mol. The second kappa shape index (κ2) is 6.76. The van der Waals surface area contributed by atoms with Crippen molar-refractivity contribution in [3.63, 3.8) is 0 Å². The zero-order valence-corrected chi connectivity index (χ0v) is 11.2. The number of para-hydroxylation sites is 1. The fourth-order valence-corrected chi connectivity index (χ4v) is 2.77. The Morgan fingerprint density at radius 2 is 2.17 bits per heavy atom. The molecule has 18 heavy (non-hydrogen) atoms. The van der Waals surface area contributed by atoms with E-state index in [4.69, 9.17) is 0 Å². The van der Waals surface area contributed by atoms with Gasteiger partial charge in [0.15, 0.2) is 0 Å². The molecule has 1 unspecified atom stereocenters. The van der Waals surface area contributed by atoms with Crippen molar-refractivity contribution in [1.82, 2.24) is 10.2 Å². The maximum atomic E-state index is 9.86. The van der Waals surface area contributed by atoms with Crippen LogP contribution in [0.2, 0.25) is 0 Å². The van der Waals surface area contributed by atoms with E-state index < -0.39 is 0 Å². The Hall–Kier alpha value is -1.06. The number of hydrogen-bond acceptors (Lipinski definition) is 3. The van der Waals surface area contributed by atoms with Crippen molar-refractivity contribution in [2.24, 2.45) is 0 Å². The van der Waals surface area contributed by atoms with E-state index in [1.807, 2.05) is 25.2 Å². The van der Waals surface area contributed by atoms with Gasteiger partial charge in [0.25, 0.3) is 0 Å². The molecule has 1 aliphatic rings. The highest BCUT2D eigenvalue weighted by molar-refractivity contribution is 5.31. The summed E-state index contributed by atoms with van der Waals surface area (Å²) < 4.78 is 0. The van der Waals surface area contributed by atoms with Crippen molar-refractivity contribution in [1.29, 1.82) is 0 Å². The van der Waals surface area contributed by atoms with Gasteiger partial charge in [0, 0.05) is 18.2 Å². The molecule has 0 spiro atoms. The number of likely N-dealkylation sites (tertiary alicyclic amines) is 1.